The molecule has 0 fully saturated rings. The second kappa shape index (κ2) is 8.24. The normalized spacial score (nSPS) is 11.4. The van der Waals surface area contributed by atoms with Crippen molar-refractivity contribution in [1.82, 2.24) is 0 Å². The van der Waals surface area contributed by atoms with Crippen LogP contribution < -0.4 is 19.9 Å². The lowest BCUT2D eigenvalue weighted by Crippen LogP contribution is -2.15. The zero-order valence-electron chi connectivity index (χ0n) is 15.6. The van der Waals surface area contributed by atoms with Crippen LogP contribution in [0.3, 0.4) is 0 Å². The van der Waals surface area contributed by atoms with E-state index in [2.05, 4.69) is 5.32 Å². The molecule has 2 rings (SSSR count). The van der Waals surface area contributed by atoms with Gasteiger partial charge < -0.3 is 14.8 Å². The van der Waals surface area contributed by atoms with Gasteiger partial charge in [-0.05, 0) is 49.2 Å². The third-order valence-corrected chi connectivity index (χ3v) is 4.97. The second-order valence-corrected chi connectivity index (χ2v) is 7.42. The highest BCUT2D eigenvalue weighted by Crippen LogP contribution is 2.31. The molecule has 27 heavy (non-hydrogen) atoms. The van der Waals surface area contributed by atoms with E-state index in [-0.39, 0.29) is 4.90 Å². The van der Waals surface area contributed by atoms with E-state index in [4.69, 9.17) is 14.6 Å². The van der Waals surface area contributed by atoms with Crippen molar-refractivity contribution in [2.45, 2.75) is 18.7 Å². The van der Waals surface area contributed by atoms with Gasteiger partial charge in [-0.2, -0.15) is 0 Å². The molecule has 0 bridgehead atoms. The molecule has 0 aromatic heterocycles. The molecule has 3 N–H and O–H groups in total. The number of ether oxygens (including phenoxy) is 2. The minimum absolute atomic E-state index is 0.0562. The number of carbonyl (C=O) groups is 1. The van der Waals surface area contributed by atoms with E-state index in [0.717, 1.165) is 5.56 Å². The van der Waals surface area contributed by atoms with Gasteiger partial charge in [-0.15, -0.1) is 0 Å². The van der Waals surface area contributed by atoms with Crippen molar-refractivity contribution in [2.24, 2.45) is 5.14 Å². The number of amides is 1. The third kappa shape index (κ3) is 4.87. The Kier molecular flexibility index (Phi) is 6.24. The molecule has 0 radical (unpaired) electrons. The van der Waals surface area contributed by atoms with Crippen LogP contribution in [0.5, 0.6) is 11.5 Å². The van der Waals surface area contributed by atoms with E-state index in [1.165, 1.54) is 32.4 Å². The quantitative estimate of drug-likeness (QED) is 0.737. The highest BCUT2D eigenvalue weighted by Gasteiger charge is 2.14. The van der Waals surface area contributed by atoms with Gasteiger partial charge in [-0.3, -0.25) is 4.79 Å². The molecule has 1 amide bonds. The number of benzene rings is 2. The average Bonchev–Trinajstić information content (AvgIpc) is 2.62. The van der Waals surface area contributed by atoms with Crippen LogP contribution >= 0.6 is 0 Å². The summed E-state index contributed by atoms with van der Waals surface area (Å²) in [5, 5.41) is 7.87. The van der Waals surface area contributed by atoms with Gasteiger partial charge in [0, 0.05) is 17.3 Å². The molecule has 8 heteroatoms. The van der Waals surface area contributed by atoms with Crippen LogP contribution in [0.15, 0.2) is 41.3 Å². The molecule has 0 heterocycles. The Morgan fingerprint density at radius 2 is 1.85 bits per heavy atom. The Bertz CT molecular complexity index is 997. The van der Waals surface area contributed by atoms with Crippen LogP contribution in [0.2, 0.25) is 0 Å². The molecule has 144 valence electrons. The fourth-order valence-corrected chi connectivity index (χ4v) is 3.13. The van der Waals surface area contributed by atoms with Gasteiger partial charge in [0.2, 0.25) is 15.9 Å². The van der Waals surface area contributed by atoms with Crippen molar-refractivity contribution < 1.29 is 22.7 Å². The van der Waals surface area contributed by atoms with E-state index in [1.807, 2.05) is 0 Å². The fraction of sp³-hybridized carbons (Fsp3) is 0.211. The van der Waals surface area contributed by atoms with Crippen molar-refractivity contribution in [1.29, 1.82) is 0 Å². The highest BCUT2D eigenvalue weighted by atomic mass is 32.2. The Balaban J connectivity index is 2.29. The Morgan fingerprint density at radius 1 is 1.15 bits per heavy atom. The standard InChI is InChI=1S/C19H22N2O5S/c1-12-10-15(27(20,23)24)11-16(13(12)2)21-18(22)9-8-14-6-5-7-17(25-3)19(14)26-4/h5-11H,1-4H3,(H,21,22)(H2,20,23,24)/b9-8+. The highest BCUT2D eigenvalue weighted by molar-refractivity contribution is 7.89. The average molecular weight is 390 g/mol. The van der Waals surface area contributed by atoms with Crippen LogP contribution in [0.1, 0.15) is 16.7 Å². The summed E-state index contributed by atoms with van der Waals surface area (Å²) in [6.45, 7) is 3.53. The number of hydrogen-bond acceptors (Lipinski definition) is 5. The van der Waals surface area contributed by atoms with Gasteiger partial charge >= 0.3 is 0 Å². The number of nitrogens with two attached hydrogens (primary N) is 1. The molecule has 0 aliphatic rings. The van der Waals surface area contributed by atoms with Gasteiger partial charge in [0.15, 0.2) is 11.5 Å². The topological polar surface area (TPSA) is 108 Å². The van der Waals surface area contributed by atoms with Gasteiger partial charge in [0.25, 0.3) is 0 Å². The number of aryl methyl sites for hydroxylation is 1. The van der Waals surface area contributed by atoms with E-state index >= 15 is 0 Å². The minimum Gasteiger partial charge on any atom is -0.493 e. The number of primary sulfonamides is 1. The molecule has 0 saturated carbocycles. The smallest absolute Gasteiger partial charge is 0.248 e. The number of carbonyl (C=O) groups excluding carboxylic acids is 1. The van der Waals surface area contributed by atoms with Crippen LogP contribution in [-0.4, -0.2) is 28.5 Å². The molecule has 0 aliphatic carbocycles. The summed E-state index contributed by atoms with van der Waals surface area (Å²) in [7, 11) is -0.829. The molecular weight excluding hydrogens is 368 g/mol. The fourth-order valence-electron chi connectivity index (χ4n) is 2.50. The first kappa shape index (κ1) is 20.5. The lowest BCUT2D eigenvalue weighted by molar-refractivity contribution is -0.111. The molecule has 2 aromatic carbocycles. The number of rotatable bonds is 6. The SMILES string of the molecule is COc1cccc(/C=C/C(=O)Nc2cc(S(N)(=O)=O)cc(C)c2C)c1OC. The summed E-state index contributed by atoms with van der Waals surface area (Å²) < 4.78 is 33.7. The van der Waals surface area contributed by atoms with Crippen LogP contribution in [0.25, 0.3) is 6.08 Å². The molecule has 0 atom stereocenters. The van der Waals surface area contributed by atoms with Crippen molar-refractivity contribution in [2.75, 3.05) is 19.5 Å². The van der Waals surface area contributed by atoms with E-state index in [0.29, 0.717) is 28.3 Å². The lowest BCUT2D eigenvalue weighted by Gasteiger charge is -2.12. The second-order valence-electron chi connectivity index (χ2n) is 5.86. The third-order valence-electron chi connectivity index (χ3n) is 4.07. The first-order valence-electron chi connectivity index (χ1n) is 8.01. The summed E-state index contributed by atoms with van der Waals surface area (Å²) in [4.78, 5) is 12.3. The predicted octanol–water partition coefficient (Wildman–Crippen LogP) is 2.62. The molecule has 0 unspecified atom stereocenters. The summed E-state index contributed by atoms with van der Waals surface area (Å²) in [6, 6.07) is 8.12. The predicted molar refractivity (Wildman–Crippen MR) is 104 cm³/mol. The maximum absolute atomic E-state index is 12.3. The van der Waals surface area contributed by atoms with Crippen LogP contribution in [0, 0.1) is 13.8 Å². The Hall–Kier alpha value is -2.84. The number of sulfonamides is 1. The van der Waals surface area contributed by atoms with Crippen molar-refractivity contribution >= 4 is 27.7 Å². The number of para-hydroxylation sites is 1. The van der Waals surface area contributed by atoms with Crippen molar-refractivity contribution in [3.63, 3.8) is 0 Å². The van der Waals surface area contributed by atoms with Crippen molar-refractivity contribution in [3.8, 4) is 11.5 Å². The van der Waals surface area contributed by atoms with E-state index in [9.17, 15) is 13.2 Å². The Morgan fingerprint density at radius 3 is 2.44 bits per heavy atom. The summed E-state index contributed by atoms with van der Waals surface area (Å²) >= 11 is 0. The van der Waals surface area contributed by atoms with Crippen molar-refractivity contribution in [3.05, 3.63) is 53.1 Å². The molecule has 7 nitrogen and oxygen atoms in total. The molecular formula is C19H22N2O5S. The maximum Gasteiger partial charge on any atom is 0.248 e. The summed E-state index contributed by atoms with van der Waals surface area (Å²) in [5.41, 5.74) is 2.50. The van der Waals surface area contributed by atoms with Gasteiger partial charge in [0.1, 0.15) is 0 Å². The largest absolute Gasteiger partial charge is 0.493 e. The first-order chi connectivity index (χ1) is 12.7. The van der Waals surface area contributed by atoms with Crippen LogP contribution in [-0.2, 0) is 14.8 Å². The monoisotopic (exact) mass is 390 g/mol. The van der Waals surface area contributed by atoms with Gasteiger partial charge in [-0.1, -0.05) is 12.1 Å². The lowest BCUT2D eigenvalue weighted by atomic mass is 10.1. The number of hydrogen-bond donors (Lipinski definition) is 2. The minimum atomic E-state index is -3.87. The zero-order chi connectivity index (χ0) is 20.2. The van der Waals surface area contributed by atoms with E-state index < -0.39 is 15.9 Å². The summed E-state index contributed by atoms with van der Waals surface area (Å²) in [6.07, 6.45) is 2.91. The number of methoxy groups -OCH3 is 2. The molecule has 0 aliphatic heterocycles. The Labute approximate surface area is 158 Å². The first-order valence-corrected chi connectivity index (χ1v) is 9.56. The maximum atomic E-state index is 12.3. The van der Waals surface area contributed by atoms with Gasteiger partial charge in [-0.25, -0.2) is 13.6 Å². The number of nitrogens with one attached hydrogen (secondary N) is 1. The molecule has 2 aromatic rings. The number of anilines is 1. The van der Waals surface area contributed by atoms with E-state index in [1.54, 1.807) is 38.1 Å². The molecule has 0 spiro atoms. The summed E-state index contributed by atoms with van der Waals surface area (Å²) in [5.74, 6) is 0.633. The molecule has 0 saturated heterocycles. The van der Waals surface area contributed by atoms with Crippen LogP contribution in [0.4, 0.5) is 5.69 Å². The van der Waals surface area contributed by atoms with Gasteiger partial charge in [0.05, 0.1) is 19.1 Å². The zero-order valence-corrected chi connectivity index (χ0v) is 16.4.